The molecule has 108 valence electrons. The van der Waals surface area contributed by atoms with Gasteiger partial charge < -0.3 is 9.15 Å². The van der Waals surface area contributed by atoms with Gasteiger partial charge in [0.1, 0.15) is 10.6 Å². The zero-order valence-electron chi connectivity index (χ0n) is 11.4. The number of nitrogens with one attached hydrogen (secondary N) is 1. The molecule has 1 aromatic carbocycles. The first-order valence-corrected chi connectivity index (χ1v) is 7.34. The van der Waals surface area contributed by atoms with Crippen LogP contribution in [0.1, 0.15) is 17.3 Å². The fourth-order valence-corrected chi connectivity index (χ4v) is 2.86. The van der Waals surface area contributed by atoms with Crippen molar-refractivity contribution < 1.29 is 17.6 Å². The number of nitrogens with zero attached hydrogens (tertiary/aromatic N) is 2. The highest BCUT2D eigenvalue weighted by atomic mass is 32.2. The first kappa shape index (κ1) is 14.5. The van der Waals surface area contributed by atoms with E-state index in [4.69, 9.17) is 9.15 Å². The van der Waals surface area contributed by atoms with Gasteiger partial charge in [-0.3, -0.25) is 0 Å². The minimum absolute atomic E-state index is 0.0692. The van der Waals surface area contributed by atoms with Gasteiger partial charge in [0.25, 0.3) is 0 Å². The molecule has 0 atom stereocenters. The molecule has 1 N–H and O–H groups in total. The van der Waals surface area contributed by atoms with Crippen molar-refractivity contribution >= 4 is 10.0 Å². The molecular weight excluding hydrogens is 282 g/mol. The predicted molar refractivity (Wildman–Crippen MR) is 70.8 cm³/mol. The van der Waals surface area contributed by atoms with Crippen molar-refractivity contribution in [2.45, 2.75) is 25.3 Å². The lowest BCUT2D eigenvalue weighted by Gasteiger charge is -2.10. The van der Waals surface area contributed by atoms with Crippen LogP contribution in [0.5, 0.6) is 5.75 Å². The van der Waals surface area contributed by atoms with Crippen molar-refractivity contribution in [2.24, 2.45) is 0 Å². The average molecular weight is 297 g/mol. The average Bonchev–Trinajstić information content (AvgIpc) is 2.82. The van der Waals surface area contributed by atoms with Crippen molar-refractivity contribution in [3.63, 3.8) is 0 Å². The number of hydrogen-bond acceptors (Lipinski definition) is 6. The summed E-state index contributed by atoms with van der Waals surface area (Å²) in [5, 5.41) is 7.36. The van der Waals surface area contributed by atoms with Crippen LogP contribution in [-0.2, 0) is 16.6 Å². The highest BCUT2D eigenvalue weighted by Crippen LogP contribution is 2.24. The van der Waals surface area contributed by atoms with Crippen LogP contribution in [0.4, 0.5) is 0 Å². The summed E-state index contributed by atoms with van der Waals surface area (Å²) in [6.45, 7) is 3.37. The summed E-state index contributed by atoms with van der Waals surface area (Å²) < 4.78 is 37.1. The van der Waals surface area contributed by atoms with Crippen LogP contribution in [0.2, 0.25) is 0 Å². The lowest BCUT2D eigenvalue weighted by molar-refractivity contribution is 0.401. The van der Waals surface area contributed by atoms with E-state index < -0.39 is 10.0 Å². The molecule has 0 amide bonds. The van der Waals surface area contributed by atoms with Gasteiger partial charge in [-0.15, -0.1) is 10.2 Å². The van der Waals surface area contributed by atoms with Gasteiger partial charge in [0.2, 0.25) is 21.8 Å². The number of sulfonamides is 1. The van der Waals surface area contributed by atoms with Crippen LogP contribution < -0.4 is 9.46 Å². The Kier molecular flexibility index (Phi) is 4.05. The molecule has 1 heterocycles. The second-order valence-electron chi connectivity index (χ2n) is 4.19. The van der Waals surface area contributed by atoms with Gasteiger partial charge in [0, 0.05) is 6.92 Å². The molecule has 20 heavy (non-hydrogen) atoms. The van der Waals surface area contributed by atoms with Crippen LogP contribution in [0.25, 0.3) is 0 Å². The highest BCUT2D eigenvalue weighted by molar-refractivity contribution is 7.89. The Balaban J connectivity index is 2.24. The summed E-state index contributed by atoms with van der Waals surface area (Å²) in [4.78, 5) is 0.0798. The third kappa shape index (κ3) is 3.14. The van der Waals surface area contributed by atoms with Gasteiger partial charge >= 0.3 is 0 Å². The molecule has 0 saturated heterocycles. The highest BCUT2D eigenvalue weighted by Gasteiger charge is 2.20. The molecule has 7 nitrogen and oxygen atoms in total. The van der Waals surface area contributed by atoms with Crippen molar-refractivity contribution in [1.29, 1.82) is 0 Å². The van der Waals surface area contributed by atoms with E-state index in [9.17, 15) is 8.42 Å². The summed E-state index contributed by atoms with van der Waals surface area (Å²) in [5.41, 5.74) is 0.819. The van der Waals surface area contributed by atoms with Crippen LogP contribution in [0.3, 0.4) is 0 Å². The zero-order valence-corrected chi connectivity index (χ0v) is 12.2. The lowest BCUT2D eigenvalue weighted by atomic mass is 10.2. The van der Waals surface area contributed by atoms with E-state index in [1.807, 2.05) is 0 Å². The minimum Gasteiger partial charge on any atom is -0.495 e. The van der Waals surface area contributed by atoms with Crippen LogP contribution in [0.15, 0.2) is 27.5 Å². The molecule has 0 aliphatic heterocycles. The molecule has 0 radical (unpaired) electrons. The van der Waals surface area contributed by atoms with E-state index >= 15 is 0 Å². The van der Waals surface area contributed by atoms with Gasteiger partial charge in [-0.25, -0.2) is 13.1 Å². The Morgan fingerprint density at radius 2 is 2.05 bits per heavy atom. The molecule has 0 fully saturated rings. The fraction of sp³-hybridized carbons (Fsp3) is 0.333. The van der Waals surface area contributed by atoms with Crippen molar-refractivity contribution in [3.8, 4) is 5.75 Å². The molecule has 0 saturated carbocycles. The summed E-state index contributed by atoms with van der Waals surface area (Å²) >= 11 is 0. The molecule has 1 aromatic heterocycles. The number of ether oxygens (including phenoxy) is 1. The lowest BCUT2D eigenvalue weighted by Crippen LogP contribution is -2.24. The molecule has 0 aliphatic rings. The van der Waals surface area contributed by atoms with E-state index in [0.29, 0.717) is 5.89 Å². The SMILES string of the molecule is COc1ccc(C)cc1S(=O)(=O)NCc1nnc(C)o1. The summed E-state index contributed by atoms with van der Waals surface area (Å²) in [6.07, 6.45) is 0. The normalized spacial score (nSPS) is 11.6. The Bertz CT molecular complexity index is 709. The van der Waals surface area contributed by atoms with Gasteiger partial charge in [0.05, 0.1) is 13.7 Å². The molecule has 2 rings (SSSR count). The molecular formula is C12H15N3O4S. The third-order valence-electron chi connectivity index (χ3n) is 2.59. The van der Waals surface area contributed by atoms with E-state index in [0.717, 1.165) is 5.56 Å². The largest absolute Gasteiger partial charge is 0.495 e. The number of hydrogen-bond donors (Lipinski definition) is 1. The summed E-state index contributed by atoms with van der Waals surface area (Å²) in [5.74, 6) is 0.870. The monoisotopic (exact) mass is 297 g/mol. The number of aromatic nitrogens is 2. The number of methoxy groups -OCH3 is 1. The maximum Gasteiger partial charge on any atom is 0.244 e. The second-order valence-corrected chi connectivity index (χ2v) is 5.93. The van der Waals surface area contributed by atoms with Crippen LogP contribution >= 0.6 is 0 Å². The van der Waals surface area contributed by atoms with E-state index in [1.54, 1.807) is 32.0 Å². The molecule has 0 aliphatic carbocycles. The fourth-order valence-electron chi connectivity index (χ4n) is 1.64. The molecule has 0 spiro atoms. The molecule has 8 heteroatoms. The quantitative estimate of drug-likeness (QED) is 0.890. The maximum atomic E-state index is 12.3. The van der Waals surface area contributed by atoms with Crippen LogP contribution in [0, 0.1) is 13.8 Å². The van der Waals surface area contributed by atoms with Gasteiger partial charge in [-0.2, -0.15) is 0 Å². The van der Waals surface area contributed by atoms with Gasteiger partial charge in [-0.1, -0.05) is 6.07 Å². The summed E-state index contributed by atoms with van der Waals surface area (Å²) in [6, 6.07) is 4.93. The first-order valence-electron chi connectivity index (χ1n) is 5.85. The van der Waals surface area contributed by atoms with Crippen molar-refractivity contribution in [1.82, 2.24) is 14.9 Å². The van der Waals surface area contributed by atoms with Gasteiger partial charge in [-0.05, 0) is 24.6 Å². The Morgan fingerprint density at radius 3 is 2.65 bits per heavy atom. The maximum absolute atomic E-state index is 12.3. The zero-order chi connectivity index (χ0) is 14.8. The Hall–Kier alpha value is -1.93. The Labute approximate surface area is 117 Å². The van der Waals surface area contributed by atoms with E-state index in [2.05, 4.69) is 14.9 Å². The standard InChI is InChI=1S/C12H15N3O4S/c1-8-4-5-10(18-3)11(6-8)20(16,17)13-7-12-15-14-9(2)19-12/h4-6,13H,7H2,1-3H3. The first-order chi connectivity index (χ1) is 9.42. The molecule has 0 bridgehead atoms. The number of benzene rings is 1. The van der Waals surface area contributed by atoms with Crippen molar-refractivity contribution in [3.05, 3.63) is 35.5 Å². The Morgan fingerprint density at radius 1 is 1.30 bits per heavy atom. The second kappa shape index (κ2) is 5.59. The molecule has 2 aromatic rings. The summed E-state index contributed by atoms with van der Waals surface area (Å²) in [7, 11) is -2.30. The molecule has 0 unspecified atom stereocenters. The van der Waals surface area contributed by atoms with Gasteiger partial charge in [0.15, 0.2) is 0 Å². The van der Waals surface area contributed by atoms with Crippen molar-refractivity contribution in [2.75, 3.05) is 7.11 Å². The van der Waals surface area contributed by atoms with E-state index in [1.165, 1.54) is 7.11 Å². The number of aryl methyl sites for hydroxylation is 2. The number of rotatable bonds is 5. The van der Waals surface area contributed by atoms with E-state index in [-0.39, 0.29) is 23.1 Å². The minimum atomic E-state index is -3.72. The van der Waals surface area contributed by atoms with Crippen LogP contribution in [-0.4, -0.2) is 25.7 Å². The smallest absolute Gasteiger partial charge is 0.244 e. The third-order valence-corrected chi connectivity index (χ3v) is 4.01. The topological polar surface area (TPSA) is 94.3 Å². The predicted octanol–water partition coefficient (Wildman–Crippen LogP) is 1.17.